The van der Waals surface area contributed by atoms with E-state index in [0.29, 0.717) is 0 Å². The minimum absolute atomic E-state index is 0. The van der Waals surface area contributed by atoms with E-state index < -0.39 is 30.5 Å². The van der Waals surface area contributed by atoms with E-state index in [-0.39, 0.29) is 57.2 Å². The van der Waals surface area contributed by atoms with Gasteiger partial charge in [0.1, 0.15) is 0 Å². The zero-order valence-corrected chi connectivity index (χ0v) is 18.3. The van der Waals surface area contributed by atoms with Crippen LogP contribution < -0.4 is 0 Å². The fourth-order valence-corrected chi connectivity index (χ4v) is 0. The van der Waals surface area contributed by atoms with Crippen LogP contribution in [-0.2, 0) is 0 Å². The molecule has 0 aliphatic carbocycles. The van der Waals surface area contributed by atoms with Gasteiger partial charge in [-0.1, -0.05) is 0 Å². The molecule has 0 atom stereocenters. The molecule has 0 aromatic heterocycles. The van der Waals surface area contributed by atoms with E-state index in [1.807, 2.05) is 0 Å². The monoisotopic (exact) mass is 620 g/mol. The zero-order chi connectivity index (χ0) is 21.5. The van der Waals surface area contributed by atoms with Crippen LogP contribution in [0.5, 0.6) is 0 Å². The number of nitrogens with zero attached hydrogens (tertiary/aromatic N) is 6. The minimum atomic E-state index is -1.75. The van der Waals surface area contributed by atoms with Crippen molar-refractivity contribution in [1.82, 2.24) is 0 Å². The molecule has 25 nitrogen and oxygen atoms in total. The maximum Gasteiger partial charge on any atom is 3.00 e. The first-order valence-electron chi connectivity index (χ1n) is 3.29. The van der Waals surface area contributed by atoms with Gasteiger partial charge in [0.05, 0.1) is 30.5 Å². The van der Waals surface area contributed by atoms with Crippen LogP contribution in [0.2, 0.25) is 0 Å². The molecule has 0 aliphatic rings. The fourth-order valence-electron chi connectivity index (χ4n) is 0. The molecule has 0 aromatic rings. The summed E-state index contributed by atoms with van der Waals surface area (Å²) >= 11 is 0. The molecular formula is H2In2N6O19. The molecule has 27 heteroatoms. The second kappa shape index (κ2) is 49.5. The summed E-state index contributed by atoms with van der Waals surface area (Å²) in [6.45, 7) is 0. The summed E-state index contributed by atoms with van der Waals surface area (Å²) < 4.78 is 0. The van der Waals surface area contributed by atoms with Crippen LogP contribution >= 0.6 is 0 Å². The summed E-state index contributed by atoms with van der Waals surface area (Å²) in [5.74, 6) is 0. The Morgan fingerprint density at radius 1 is 0.296 bits per heavy atom. The maximum atomic E-state index is 8.25. The van der Waals surface area contributed by atoms with E-state index in [9.17, 15) is 0 Å². The Bertz CT molecular complexity index is 261. The third kappa shape index (κ3) is 1040. The SMILES string of the molecule is O.O=[N+]([O-])[O-].O=[N+]([O-])[O-].O=[N+]([O-])[O-].O=[N+]([O-])[O-].O=[N+]([O-])[O-].O=[N+]([O-])[O-].[In+3].[In+3]. The molecule has 0 bridgehead atoms. The molecule has 0 heterocycles. The predicted molar refractivity (Wildman–Crippen MR) is 77.3 cm³/mol. The molecule has 0 saturated carbocycles. The smallest absolute Gasteiger partial charge is 0.412 e. The first kappa shape index (κ1) is 56.5. The van der Waals surface area contributed by atoms with Gasteiger partial charge in [-0.25, -0.2) is 0 Å². The molecule has 2 N–H and O–H groups in total. The Labute approximate surface area is 179 Å². The molecule has 0 unspecified atom stereocenters. The van der Waals surface area contributed by atoms with Crippen molar-refractivity contribution in [3.05, 3.63) is 91.9 Å². The van der Waals surface area contributed by atoms with Crippen LogP contribution in [0.15, 0.2) is 0 Å². The average Bonchev–Trinajstić information content (AvgIpc) is 2.08. The van der Waals surface area contributed by atoms with Crippen molar-refractivity contribution in [3.8, 4) is 0 Å². The largest absolute Gasteiger partial charge is 3.00 e. The molecule has 0 radical (unpaired) electrons. The number of rotatable bonds is 0. The van der Waals surface area contributed by atoms with Crippen LogP contribution in [0.3, 0.4) is 0 Å². The first-order chi connectivity index (χ1) is 10.4. The van der Waals surface area contributed by atoms with Gasteiger partial charge < -0.3 is 97.4 Å². The van der Waals surface area contributed by atoms with Crippen LogP contribution in [0.25, 0.3) is 0 Å². The summed E-state index contributed by atoms with van der Waals surface area (Å²) in [6, 6.07) is 0. The van der Waals surface area contributed by atoms with Gasteiger partial charge in [0.15, 0.2) is 0 Å². The van der Waals surface area contributed by atoms with Gasteiger partial charge in [0.2, 0.25) is 0 Å². The quantitative estimate of drug-likeness (QED) is 0.192. The van der Waals surface area contributed by atoms with Crippen LogP contribution in [0, 0.1) is 91.9 Å². The molecule has 0 amide bonds. The molecule has 0 aliphatic heterocycles. The summed E-state index contributed by atoms with van der Waals surface area (Å²) in [5.41, 5.74) is 0. The van der Waals surface area contributed by atoms with Gasteiger partial charge >= 0.3 is 51.7 Å². The minimum Gasteiger partial charge on any atom is -0.412 e. The molecule has 0 fully saturated rings. The van der Waals surface area contributed by atoms with Crippen LogP contribution in [0.4, 0.5) is 0 Å². The second-order valence-electron chi connectivity index (χ2n) is 1.34. The molecule has 0 rings (SSSR count). The Balaban J connectivity index is -0.0000000201. The molecular weight excluding hydrogens is 618 g/mol. The third-order valence-electron chi connectivity index (χ3n) is 0. The summed E-state index contributed by atoms with van der Waals surface area (Å²) in [7, 11) is 0. The Kier molecular flexibility index (Phi) is 103. The van der Waals surface area contributed by atoms with Crippen molar-refractivity contribution in [2.45, 2.75) is 0 Å². The number of hydrogen-bond donors (Lipinski definition) is 0. The topological polar surface area (TPSA) is 429 Å². The molecule has 0 spiro atoms. The van der Waals surface area contributed by atoms with E-state index in [2.05, 4.69) is 0 Å². The van der Waals surface area contributed by atoms with E-state index in [4.69, 9.17) is 91.9 Å². The number of hydrogen-bond acceptors (Lipinski definition) is 18. The molecule has 0 saturated heterocycles. The molecule has 152 valence electrons. The Hall–Kier alpha value is -3.10. The van der Waals surface area contributed by atoms with Gasteiger partial charge in [0.25, 0.3) is 0 Å². The maximum absolute atomic E-state index is 8.25. The normalized spacial score (nSPS) is 5.33. The van der Waals surface area contributed by atoms with E-state index >= 15 is 0 Å². The third-order valence-corrected chi connectivity index (χ3v) is 0. The standard InChI is InChI=1S/2In.6NO3.H2O/c;;6*2-1(3)4;/h;;;;;;;;1H2/q2*+3;6*-1;. The van der Waals surface area contributed by atoms with Gasteiger partial charge in [0, 0.05) is 0 Å². The van der Waals surface area contributed by atoms with Crippen LogP contribution in [-0.4, -0.2) is 87.7 Å². The zero-order valence-electron chi connectivity index (χ0n) is 11.7. The molecule has 0 aromatic carbocycles. The van der Waals surface area contributed by atoms with E-state index in [1.54, 1.807) is 0 Å². The first-order valence-corrected chi connectivity index (χ1v) is 3.29. The molecule has 27 heavy (non-hydrogen) atoms. The average molecular weight is 620 g/mol. The fraction of sp³-hybridized carbons (Fsp3) is 0. The predicted octanol–water partition coefficient (Wildman–Crippen LogP) is -3.02. The van der Waals surface area contributed by atoms with E-state index in [0.717, 1.165) is 0 Å². The van der Waals surface area contributed by atoms with Crippen molar-refractivity contribution >= 4 is 51.7 Å². The second-order valence-corrected chi connectivity index (χ2v) is 1.34. The van der Waals surface area contributed by atoms with Gasteiger partial charge in [-0.05, 0) is 0 Å². The Morgan fingerprint density at radius 3 is 0.296 bits per heavy atom. The van der Waals surface area contributed by atoms with Gasteiger partial charge in [-0.15, -0.1) is 0 Å². The summed E-state index contributed by atoms with van der Waals surface area (Å²) in [5, 5.41) is 88.5. The summed E-state index contributed by atoms with van der Waals surface area (Å²) in [4.78, 5) is 49.5. The van der Waals surface area contributed by atoms with Crippen molar-refractivity contribution in [2.75, 3.05) is 0 Å². The summed E-state index contributed by atoms with van der Waals surface area (Å²) in [6.07, 6.45) is 0. The van der Waals surface area contributed by atoms with Gasteiger partial charge in [-0.3, -0.25) is 0 Å². The van der Waals surface area contributed by atoms with Crippen molar-refractivity contribution in [1.29, 1.82) is 0 Å². The van der Waals surface area contributed by atoms with Crippen molar-refractivity contribution in [3.63, 3.8) is 0 Å². The van der Waals surface area contributed by atoms with Crippen molar-refractivity contribution < 1.29 is 36.0 Å². The van der Waals surface area contributed by atoms with Crippen LogP contribution in [0.1, 0.15) is 0 Å². The van der Waals surface area contributed by atoms with E-state index in [1.165, 1.54) is 0 Å². The Morgan fingerprint density at radius 2 is 0.296 bits per heavy atom. The van der Waals surface area contributed by atoms with Crippen molar-refractivity contribution in [2.24, 2.45) is 0 Å². The van der Waals surface area contributed by atoms with Gasteiger partial charge in [-0.2, -0.15) is 0 Å².